The molecule has 0 fully saturated rings. The number of methoxy groups -OCH3 is 2. The van der Waals surface area contributed by atoms with Gasteiger partial charge in [-0.2, -0.15) is 0 Å². The van der Waals surface area contributed by atoms with Crippen LogP contribution in [-0.4, -0.2) is 39.8 Å². The molecule has 9 heteroatoms. The molecule has 0 atom stereocenters. The van der Waals surface area contributed by atoms with Gasteiger partial charge in [-0.25, -0.2) is 0 Å². The molecule has 9 nitrogen and oxygen atoms in total. The lowest BCUT2D eigenvalue weighted by Crippen LogP contribution is -2.08. The summed E-state index contributed by atoms with van der Waals surface area (Å²) in [6, 6.07) is 3.16. The van der Waals surface area contributed by atoms with Crippen molar-refractivity contribution < 1.29 is 39.4 Å². The molecule has 0 aliphatic rings. The Hall–Kier alpha value is -3.75. The summed E-state index contributed by atoms with van der Waals surface area (Å²) in [7, 11) is 2.40. The van der Waals surface area contributed by atoms with E-state index in [-0.39, 0.29) is 33.8 Å². The van der Waals surface area contributed by atoms with E-state index >= 15 is 0 Å². The Morgan fingerprint density at radius 3 is 1.92 bits per heavy atom. The quantitative estimate of drug-likeness (QED) is 0.441. The summed E-state index contributed by atoms with van der Waals surface area (Å²) in [4.78, 5) is 12.7. The van der Waals surface area contributed by atoms with Gasteiger partial charge in [0.2, 0.25) is 16.9 Å². The van der Waals surface area contributed by atoms with Gasteiger partial charge in [0.25, 0.3) is 0 Å². The normalized spacial score (nSPS) is 10.8. The Kier molecular flexibility index (Phi) is 3.91. The predicted octanol–water partition coefficient (Wildman–Crippen LogP) is 2.01. The molecule has 0 aliphatic carbocycles. The Labute approximate surface area is 145 Å². The maximum Gasteiger partial charge on any atom is 0.239 e. The average molecular weight is 362 g/mol. The van der Waals surface area contributed by atoms with Crippen molar-refractivity contribution in [2.45, 2.75) is 0 Å². The van der Waals surface area contributed by atoms with Crippen LogP contribution >= 0.6 is 0 Å². The van der Waals surface area contributed by atoms with Gasteiger partial charge in [0.1, 0.15) is 11.0 Å². The second-order valence-corrected chi connectivity index (χ2v) is 5.31. The van der Waals surface area contributed by atoms with Crippen molar-refractivity contribution in [2.75, 3.05) is 14.2 Å². The van der Waals surface area contributed by atoms with Gasteiger partial charge in [-0.05, 0) is 12.1 Å². The van der Waals surface area contributed by atoms with Gasteiger partial charge >= 0.3 is 0 Å². The van der Waals surface area contributed by atoms with E-state index in [1.54, 1.807) is 0 Å². The van der Waals surface area contributed by atoms with E-state index in [1.807, 2.05) is 0 Å². The molecule has 136 valence electrons. The average Bonchev–Trinajstić information content (AvgIpc) is 2.58. The van der Waals surface area contributed by atoms with Gasteiger partial charge in [0.15, 0.2) is 34.5 Å². The monoisotopic (exact) mass is 362 g/mol. The van der Waals surface area contributed by atoms with E-state index in [4.69, 9.17) is 13.9 Å². The highest BCUT2D eigenvalue weighted by Crippen LogP contribution is 2.45. The Morgan fingerprint density at radius 1 is 0.808 bits per heavy atom. The molecular weight excluding hydrogens is 348 g/mol. The molecule has 0 bridgehead atoms. The fourth-order valence-electron chi connectivity index (χ4n) is 2.60. The van der Waals surface area contributed by atoms with E-state index in [1.165, 1.54) is 14.2 Å². The Morgan fingerprint density at radius 2 is 1.38 bits per heavy atom. The second kappa shape index (κ2) is 5.96. The van der Waals surface area contributed by atoms with Crippen LogP contribution in [0.4, 0.5) is 0 Å². The van der Waals surface area contributed by atoms with Crippen molar-refractivity contribution in [1.82, 2.24) is 0 Å². The first-order valence-electron chi connectivity index (χ1n) is 7.19. The first-order valence-corrected chi connectivity index (χ1v) is 7.19. The van der Waals surface area contributed by atoms with Crippen molar-refractivity contribution in [3.63, 3.8) is 0 Å². The summed E-state index contributed by atoms with van der Waals surface area (Å²) < 4.78 is 15.5. The van der Waals surface area contributed by atoms with Crippen LogP contribution in [0, 0.1) is 0 Å². The number of ether oxygens (including phenoxy) is 2. The summed E-state index contributed by atoms with van der Waals surface area (Å²) in [5.74, 6) is -3.96. The van der Waals surface area contributed by atoms with Crippen LogP contribution in [0.5, 0.6) is 40.2 Å². The first kappa shape index (κ1) is 17.1. The molecule has 0 spiro atoms. The first-order chi connectivity index (χ1) is 12.3. The van der Waals surface area contributed by atoms with Crippen LogP contribution in [-0.2, 0) is 0 Å². The maximum absolute atomic E-state index is 12.7. The number of rotatable bonds is 3. The van der Waals surface area contributed by atoms with Crippen LogP contribution in [0.1, 0.15) is 0 Å². The summed E-state index contributed by atoms with van der Waals surface area (Å²) >= 11 is 0. The van der Waals surface area contributed by atoms with Gasteiger partial charge in [-0.15, -0.1) is 0 Å². The number of hydrogen-bond acceptors (Lipinski definition) is 9. The van der Waals surface area contributed by atoms with Crippen molar-refractivity contribution >= 4 is 11.0 Å². The molecular formula is C17H14O9. The third kappa shape index (κ3) is 2.37. The summed E-state index contributed by atoms with van der Waals surface area (Å²) in [6.07, 6.45) is 0. The minimum absolute atomic E-state index is 0.0171. The lowest BCUT2D eigenvalue weighted by Gasteiger charge is -2.13. The SMILES string of the molecule is COc1c(O)cc2oc(-c3cc(O)c(O)c(O)c3)c(OC)c(=O)c2c1O. The van der Waals surface area contributed by atoms with Gasteiger partial charge in [-0.1, -0.05) is 0 Å². The van der Waals surface area contributed by atoms with E-state index in [2.05, 4.69) is 0 Å². The second-order valence-electron chi connectivity index (χ2n) is 5.31. The van der Waals surface area contributed by atoms with Crippen LogP contribution in [0.15, 0.2) is 27.4 Å². The van der Waals surface area contributed by atoms with Crippen molar-refractivity contribution in [1.29, 1.82) is 0 Å². The highest BCUT2D eigenvalue weighted by atomic mass is 16.5. The third-order valence-corrected chi connectivity index (χ3v) is 3.79. The van der Waals surface area contributed by atoms with E-state index in [9.17, 15) is 30.3 Å². The molecule has 0 amide bonds. The standard InChI is InChI=1S/C17H14O9/c1-24-16-9(20)5-10-11(13(16)22)14(23)17(25-2)15(26-10)6-3-7(18)12(21)8(19)4-6/h3-5,18-22H,1-2H3. The van der Waals surface area contributed by atoms with E-state index in [0.29, 0.717) is 0 Å². The van der Waals surface area contributed by atoms with E-state index in [0.717, 1.165) is 18.2 Å². The fraction of sp³-hybridized carbons (Fsp3) is 0.118. The zero-order chi connectivity index (χ0) is 19.2. The molecule has 0 radical (unpaired) electrons. The van der Waals surface area contributed by atoms with Crippen molar-refractivity contribution in [2.24, 2.45) is 0 Å². The minimum atomic E-state index is -0.772. The van der Waals surface area contributed by atoms with Crippen LogP contribution in [0.25, 0.3) is 22.3 Å². The molecule has 0 saturated carbocycles. The molecule has 0 unspecified atom stereocenters. The van der Waals surface area contributed by atoms with Crippen LogP contribution < -0.4 is 14.9 Å². The minimum Gasteiger partial charge on any atom is -0.504 e. The molecule has 3 rings (SSSR count). The molecule has 1 aromatic heterocycles. The number of benzene rings is 2. The van der Waals surface area contributed by atoms with Gasteiger partial charge in [0, 0.05) is 11.6 Å². The zero-order valence-electron chi connectivity index (χ0n) is 13.6. The molecule has 3 aromatic rings. The van der Waals surface area contributed by atoms with Gasteiger partial charge in [0.05, 0.1) is 14.2 Å². The summed E-state index contributed by atoms with van der Waals surface area (Å²) in [6.45, 7) is 0. The lowest BCUT2D eigenvalue weighted by atomic mass is 10.1. The maximum atomic E-state index is 12.7. The molecule has 26 heavy (non-hydrogen) atoms. The largest absolute Gasteiger partial charge is 0.504 e. The zero-order valence-corrected chi connectivity index (χ0v) is 13.6. The van der Waals surface area contributed by atoms with E-state index < -0.39 is 34.2 Å². The number of fused-ring (bicyclic) bond motifs is 1. The van der Waals surface area contributed by atoms with Crippen LogP contribution in [0.2, 0.25) is 0 Å². The van der Waals surface area contributed by atoms with Gasteiger partial charge in [-0.3, -0.25) is 4.79 Å². The smallest absolute Gasteiger partial charge is 0.239 e. The molecule has 5 N–H and O–H groups in total. The molecule has 0 saturated heterocycles. The Balaban J connectivity index is 2.43. The van der Waals surface area contributed by atoms with Crippen molar-refractivity contribution in [3.05, 3.63) is 28.4 Å². The number of aromatic hydroxyl groups is 5. The third-order valence-electron chi connectivity index (χ3n) is 3.79. The molecule has 1 heterocycles. The Bertz CT molecular complexity index is 1060. The number of phenols is 5. The number of hydrogen-bond donors (Lipinski definition) is 5. The summed E-state index contributed by atoms with van der Waals surface area (Å²) in [5, 5.41) is 48.6. The van der Waals surface area contributed by atoms with Crippen molar-refractivity contribution in [3.8, 4) is 51.6 Å². The summed E-state index contributed by atoms with van der Waals surface area (Å²) in [5.41, 5.74) is -0.941. The number of phenolic OH excluding ortho intramolecular Hbond substituents is 5. The predicted molar refractivity (Wildman–Crippen MR) is 89.3 cm³/mol. The lowest BCUT2D eigenvalue weighted by molar-refractivity contribution is 0.345. The molecule has 2 aromatic carbocycles. The van der Waals surface area contributed by atoms with Gasteiger partial charge < -0.3 is 39.4 Å². The van der Waals surface area contributed by atoms with Crippen LogP contribution in [0.3, 0.4) is 0 Å². The molecule has 0 aliphatic heterocycles. The topological polar surface area (TPSA) is 150 Å². The highest BCUT2D eigenvalue weighted by Gasteiger charge is 2.24. The fourth-order valence-corrected chi connectivity index (χ4v) is 2.60. The highest BCUT2D eigenvalue weighted by molar-refractivity contribution is 5.91.